The summed E-state index contributed by atoms with van der Waals surface area (Å²) in [4.78, 5) is 0. The van der Waals surface area contributed by atoms with Crippen molar-refractivity contribution in [3.05, 3.63) is 28.2 Å². The van der Waals surface area contributed by atoms with Crippen LogP contribution in [-0.4, -0.2) is 12.5 Å². The third-order valence-electron chi connectivity index (χ3n) is 2.29. The second kappa shape index (κ2) is 6.21. The van der Waals surface area contributed by atoms with E-state index in [1.165, 1.54) is 6.07 Å². The van der Waals surface area contributed by atoms with Crippen LogP contribution in [0.4, 0.5) is 26.3 Å². The zero-order chi connectivity index (χ0) is 15.6. The number of hydrogen-bond donors (Lipinski definition) is 1. The first kappa shape index (κ1) is 17.1. The maximum Gasteiger partial charge on any atom is 0.573 e. The summed E-state index contributed by atoms with van der Waals surface area (Å²) in [5, 5.41) is 0. The molecular weight excluding hydrogens is 356 g/mol. The van der Waals surface area contributed by atoms with Crippen LogP contribution in [0.25, 0.3) is 0 Å². The van der Waals surface area contributed by atoms with Gasteiger partial charge in [-0.25, -0.2) is 0 Å². The monoisotopic (exact) mass is 365 g/mol. The summed E-state index contributed by atoms with van der Waals surface area (Å²) in [5.74, 6) is -0.538. The topological polar surface area (TPSA) is 35.2 Å². The van der Waals surface area contributed by atoms with Crippen LogP contribution in [0, 0.1) is 0 Å². The molecule has 0 saturated carbocycles. The minimum atomic E-state index is -4.88. The summed E-state index contributed by atoms with van der Waals surface area (Å²) in [6.07, 6.45) is -10.8. The lowest BCUT2D eigenvalue weighted by molar-refractivity contribution is -0.274. The summed E-state index contributed by atoms with van der Waals surface area (Å²) in [6, 6.07) is 2.33. The van der Waals surface area contributed by atoms with E-state index in [9.17, 15) is 26.3 Å². The molecule has 9 heteroatoms. The van der Waals surface area contributed by atoms with Crippen molar-refractivity contribution in [2.45, 2.75) is 31.4 Å². The van der Waals surface area contributed by atoms with E-state index in [1.54, 1.807) is 0 Å². The zero-order valence-corrected chi connectivity index (χ0v) is 11.4. The normalized spacial score (nSPS) is 14.2. The van der Waals surface area contributed by atoms with Gasteiger partial charge in [-0.1, -0.05) is 15.9 Å². The Labute approximate surface area is 119 Å². The number of ether oxygens (including phenoxy) is 1. The maximum absolute atomic E-state index is 12.1. The number of alkyl halides is 6. The van der Waals surface area contributed by atoms with E-state index in [0.29, 0.717) is 0 Å². The molecule has 0 heterocycles. The van der Waals surface area contributed by atoms with Crippen molar-refractivity contribution in [3.63, 3.8) is 0 Å². The summed E-state index contributed by atoms with van der Waals surface area (Å²) >= 11 is 2.95. The van der Waals surface area contributed by atoms with Crippen LogP contribution in [0.1, 0.15) is 24.4 Å². The highest BCUT2D eigenvalue weighted by Gasteiger charge is 2.32. The molecule has 0 aromatic heterocycles. The molecule has 0 saturated heterocycles. The molecule has 114 valence electrons. The average molecular weight is 366 g/mol. The Balaban J connectivity index is 2.84. The van der Waals surface area contributed by atoms with E-state index in [2.05, 4.69) is 20.7 Å². The van der Waals surface area contributed by atoms with E-state index < -0.39 is 37.2 Å². The zero-order valence-electron chi connectivity index (χ0n) is 9.85. The molecule has 0 amide bonds. The van der Waals surface area contributed by atoms with Crippen LogP contribution < -0.4 is 10.5 Å². The van der Waals surface area contributed by atoms with E-state index in [4.69, 9.17) is 5.73 Å². The lowest BCUT2D eigenvalue weighted by Crippen LogP contribution is -2.18. The van der Waals surface area contributed by atoms with Crippen molar-refractivity contribution >= 4 is 15.9 Å². The van der Waals surface area contributed by atoms with Gasteiger partial charge in [-0.3, -0.25) is 0 Å². The first-order valence-electron chi connectivity index (χ1n) is 5.35. The molecule has 0 aliphatic heterocycles. The van der Waals surface area contributed by atoms with Crippen LogP contribution >= 0.6 is 15.9 Å². The van der Waals surface area contributed by atoms with Gasteiger partial charge in [0.1, 0.15) is 5.75 Å². The molecule has 0 aliphatic carbocycles. The summed E-state index contributed by atoms with van der Waals surface area (Å²) in [7, 11) is 0. The van der Waals surface area contributed by atoms with Gasteiger partial charge in [0.25, 0.3) is 0 Å². The Morgan fingerprint density at radius 1 is 1.10 bits per heavy atom. The number of rotatable bonds is 4. The molecule has 20 heavy (non-hydrogen) atoms. The Bertz CT molecular complexity index is 459. The third kappa shape index (κ3) is 6.47. The first-order chi connectivity index (χ1) is 8.96. The second-order valence-corrected chi connectivity index (χ2v) is 4.94. The number of nitrogens with two attached hydrogens (primary N) is 1. The fourth-order valence-corrected chi connectivity index (χ4v) is 1.97. The Morgan fingerprint density at radius 3 is 2.20 bits per heavy atom. The molecule has 2 nitrogen and oxygen atoms in total. The van der Waals surface area contributed by atoms with E-state index in [-0.39, 0.29) is 10.0 Å². The maximum atomic E-state index is 12.1. The van der Waals surface area contributed by atoms with Crippen LogP contribution in [0.15, 0.2) is 22.7 Å². The van der Waals surface area contributed by atoms with Gasteiger partial charge in [0.15, 0.2) is 0 Å². The lowest BCUT2D eigenvalue weighted by Gasteiger charge is -2.16. The number of halogens is 7. The Kier molecular flexibility index (Phi) is 5.31. The van der Waals surface area contributed by atoms with Crippen molar-refractivity contribution < 1.29 is 31.1 Å². The van der Waals surface area contributed by atoms with E-state index in [0.717, 1.165) is 12.1 Å². The molecule has 1 aromatic carbocycles. The quantitative estimate of drug-likeness (QED) is 0.785. The Hall–Kier alpha value is -0.960. The molecule has 1 rings (SSSR count). The standard InChI is InChI=1S/C11H10BrF6NO/c12-7-3-6(9(19)1-2-10(13,14)15)4-8(5-7)20-11(16,17)18/h3-5,9H,1-2,19H2/t9-/m0/s1. The van der Waals surface area contributed by atoms with Crippen molar-refractivity contribution in [2.24, 2.45) is 5.73 Å². The minimum absolute atomic E-state index is 0.128. The van der Waals surface area contributed by atoms with Gasteiger partial charge in [-0.05, 0) is 30.2 Å². The van der Waals surface area contributed by atoms with Crippen molar-refractivity contribution in [2.75, 3.05) is 0 Å². The van der Waals surface area contributed by atoms with Crippen LogP contribution in [0.3, 0.4) is 0 Å². The predicted octanol–water partition coefficient (Wildman–Crippen LogP) is 4.69. The van der Waals surface area contributed by atoms with Crippen molar-refractivity contribution in [1.82, 2.24) is 0 Å². The van der Waals surface area contributed by atoms with Crippen molar-refractivity contribution in [1.29, 1.82) is 0 Å². The minimum Gasteiger partial charge on any atom is -0.406 e. The fraction of sp³-hybridized carbons (Fsp3) is 0.455. The molecule has 0 bridgehead atoms. The molecule has 1 aromatic rings. The third-order valence-corrected chi connectivity index (χ3v) is 2.75. The lowest BCUT2D eigenvalue weighted by atomic mass is 10.0. The van der Waals surface area contributed by atoms with E-state index >= 15 is 0 Å². The summed E-state index contributed by atoms with van der Waals surface area (Å²) < 4.78 is 76.4. The average Bonchev–Trinajstić information content (AvgIpc) is 2.21. The first-order valence-corrected chi connectivity index (χ1v) is 6.14. The van der Waals surface area contributed by atoms with Gasteiger partial charge < -0.3 is 10.5 Å². The largest absolute Gasteiger partial charge is 0.573 e. The smallest absolute Gasteiger partial charge is 0.406 e. The molecule has 0 fully saturated rings. The van der Waals surface area contributed by atoms with Gasteiger partial charge in [-0.2, -0.15) is 13.2 Å². The highest BCUT2D eigenvalue weighted by Crippen LogP contribution is 2.32. The van der Waals surface area contributed by atoms with Gasteiger partial charge in [0, 0.05) is 16.9 Å². The molecule has 0 radical (unpaired) electrons. The number of hydrogen-bond acceptors (Lipinski definition) is 2. The fourth-order valence-electron chi connectivity index (χ4n) is 1.48. The van der Waals surface area contributed by atoms with Gasteiger partial charge in [-0.15, -0.1) is 13.2 Å². The Morgan fingerprint density at radius 2 is 1.70 bits per heavy atom. The number of benzene rings is 1. The highest BCUT2D eigenvalue weighted by atomic mass is 79.9. The van der Waals surface area contributed by atoms with Gasteiger partial charge in [0.05, 0.1) is 0 Å². The van der Waals surface area contributed by atoms with Crippen LogP contribution in [-0.2, 0) is 0 Å². The molecule has 0 unspecified atom stereocenters. The predicted molar refractivity (Wildman–Crippen MR) is 63.0 cm³/mol. The van der Waals surface area contributed by atoms with Gasteiger partial charge >= 0.3 is 12.5 Å². The van der Waals surface area contributed by atoms with Crippen LogP contribution in [0.5, 0.6) is 5.75 Å². The highest BCUT2D eigenvalue weighted by molar-refractivity contribution is 9.10. The summed E-state index contributed by atoms with van der Waals surface area (Å²) in [6.45, 7) is 0. The van der Waals surface area contributed by atoms with Crippen LogP contribution in [0.2, 0.25) is 0 Å². The molecule has 0 spiro atoms. The van der Waals surface area contributed by atoms with Crippen molar-refractivity contribution in [3.8, 4) is 5.75 Å². The molecule has 2 N–H and O–H groups in total. The molecular formula is C11H10BrF6NO. The summed E-state index contributed by atoms with van der Waals surface area (Å²) in [5.41, 5.74) is 5.67. The SMILES string of the molecule is N[C@@H](CCC(F)(F)F)c1cc(Br)cc(OC(F)(F)F)c1. The van der Waals surface area contributed by atoms with E-state index in [1.807, 2.05) is 0 Å². The second-order valence-electron chi connectivity index (χ2n) is 4.03. The molecule has 0 aliphatic rings. The van der Waals surface area contributed by atoms with Gasteiger partial charge in [0.2, 0.25) is 0 Å². The molecule has 1 atom stereocenters.